The minimum atomic E-state index is 0.504. The molecule has 4 nitrogen and oxygen atoms in total. The molecular formula is C11H19N3O. The molecule has 1 fully saturated rings. The molecule has 0 aromatic carbocycles. The van der Waals surface area contributed by atoms with Gasteiger partial charge in [0.25, 0.3) is 0 Å². The first-order valence-electron chi connectivity index (χ1n) is 5.58. The number of nitrogens with zero attached hydrogens (tertiary/aromatic N) is 1. The number of aromatic nitrogens is 2. The lowest BCUT2D eigenvalue weighted by atomic mass is 9.77. The van der Waals surface area contributed by atoms with E-state index in [4.69, 9.17) is 4.84 Å². The molecule has 0 saturated heterocycles. The molecule has 0 radical (unpaired) electrons. The zero-order valence-corrected chi connectivity index (χ0v) is 9.36. The Morgan fingerprint density at radius 2 is 2.40 bits per heavy atom. The predicted octanol–water partition coefficient (Wildman–Crippen LogP) is 1.83. The van der Waals surface area contributed by atoms with Crippen molar-refractivity contribution in [3.63, 3.8) is 0 Å². The van der Waals surface area contributed by atoms with Gasteiger partial charge in [-0.3, -0.25) is 0 Å². The fraction of sp³-hybridized carbons (Fsp3) is 0.727. The number of nitrogens with one attached hydrogen (secondary N) is 2. The van der Waals surface area contributed by atoms with E-state index in [1.165, 1.54) is 18.5 Å². The summed E-state index contributed by atoms with van der Waals surface area (Å²) in [6.07, 6.45) is 7.25. The van der Waals surface area contributed by atoms with Gasteiger partial charge in [-0.05, 0) is 25.2 Å². The summed E-state index contributed by atoms with van der Waals surface area (Å²) in [5, 5.41) is 0. The summed E-state index contributed by atoms with van der Waals surface area (Å²) in [5.74, 6) is 1.30. The molecule has 0 spiro atoms. The lowest BCUT2D eigenvalue weighted by Crippen LogP contribution is -2.35. The summed E-state index contributed by atoms with van der Waals surface area (Å²) >= 11 is 0. The molecule has 84 valence electrons. The molecule has 2 rings (SSSR count). The standard InChI is InChI=1S/C11H19N3O/c1-8-5-9(14-15-2)3-4-10(8)11-6-12-7-13-11/h6-10,14H,3-5H2,1-2H3,(H,12,13). The summed E-state index contributed by atoms with van der Waals surface area (Å²) in [4.78, 5) is 12.3. The lowest BCUT2D eigenvalue weighted by Gasteiger charge is -2.33. The third kappa shape index (κ3) is 2.38. The van der Waals surface area contributed by atoms with Crippen molar-refractivity contribution in [1.29, 1.82) is 0 Å². The molecule has 3 unspecified atom stereocenters. The highest BCUT2D eigenvalue weighted by atomic mass is 16.6. The molecule has 3 atom stereocenters. The van der Waals surface area contributed by atoms with E-state index in [2.05, 4.69) is 22.4 Å². The third-order valence-corrected chi connectivity index (χ3v) is 3.37. The number of aromatic amines is 1. The number of hydrogen-bond donors (Lipinski definition) is 2. The summed E-state index contributed by atoms with van der Waals surface area (Å²) < 4.78 is 0. The van der Waals surface area contributed by atoms with E-state index in [1.807, 2.05) is 6.20 Å². The van der Waals surface area contributed by atoms with Crippen molar-refractivity contribution >= 4 is 0 Å². The summed E-state index contributed by atoms with van der Waals surface area (Å²) in [6.45, 7) is 2.30. The molecule has 4 heteroatoms. The van der Waals surface area contributed by atoms with E-state index in [9.17, 15) is 0 Å². The van der Waals surface area contributed by atoms with Crippen LogP contribution in [-0.2, 0) is 4.84 Å². The monoisotopic (exact) mass is 209 g/mol. The van der Waals surface area contributed by atoms with Gasteiger partial charge in [-0.1, -0.05) is 6.92 Å². The Labute approximate surface area is 90.4 Å². The first-order chi connectivity index (χ1) is 7.31. The van der Waals surface area contributed by atoms with Crippen molar-refractivity contribution in [3.05, 3.63) is 18.2 Å². The van der Waals surface area contributed by atoms with E-state index in [1.54, 1.807) is 13.4 Å². The summed E-state index contributed by atoms with van der Waals surface area (Å²) in [5.41, 5.74) is 4.33. The number of hydroxylamine groups is 1. The van der Waals surface area contributed by atoms with Gasteiger partial charge >= 0.3 is 0 Å². The van der Waals surface area contributed by atoms with Crippen LogP contribution in [0.5, 0.6) is 0 Å². The maximum absolute atomic E-state index is 4.99. The Kier molecular flexibility index (Phi) is 3.38. The number of hydrogen-bond acceptors (Lipinski definition) is 3. The van der Waals surface area contributed by atoms with Gasteiger partial charge in [0.05, 0.1) is 13.4 Å². The van der Waals surface area contributed by atoms with E-state index >= 15 is 0 Å². The maximum Gasteiger partial charge on any atom is 0.0921 e. The van der Waals surface area contributed by atoms with Crippen molar-refractivity contribution in [2.75, 3.05) is 7.11 Å². The molecule has 1 saturated carbocycles. The van der Waals surface area contributed by atoms with Crippen LogP contribution < -0.4 is 5.48 Å². The van der Waals surface area contributed by atoms with Crippen molar-refractivity contribution in [1.82, 2.24) is 15.4 Å². The van der Waals surface area contributed by atoms with Gasteiger partial charge in [0.15, 0.2) is 0 Å². The van der Waals surface area contributed by atoms with E-state index in [-0.39, 0.29) is 0 Å². The lowest BCUT2D eigenvalue weighted by molar-refractivity contribution is 0.0384. The van der Waals surface area contributed by atoms with Gasteiger partial charge in [0.1, 0.15) is 0 Å². The fourth-order valence-corrected chi connectivity index (χ4v) is 2.60. The SMILES string of the molecule is CONC1CCC(c2cnc[nH]2)C(C)C1. The van der Waals surface area contributed by atoms with Crippen LogP contribution in [0.1, 0.15) is 37.8 Å². The second-order valence-electron chi connectivity index (χ2n) is 4.42. The smallest absolute Gasteiger partial charge is 0.0921 e. The second-order valence-corrected chi connectivity index (χ2v) is 4.42. The minimum absolute atomic E-state index is 0.504. The average Bonchev–Trinajstić information content (AvgIpc) is 2.71. The van der Waals surface area contributed by atoms with Gasteiger partial charge in [-0.25, -0.2) is 4.98 Å². The van der Waals surface area contributed by atoms with Gasteiger partial charge in [0.2, 0.25) is 0 Å². The van der Waals surface area contributed by atoms with E-state index < -0.39 is 0 Å². The van der Waals surface area contributed by atoms with Gasteiger partial charge in [-0.2, -0.15) is 5.48 Å². The van der Waals surface area contributed by atoms with Crippen LogP contribution >= 0.6 is 0 Å². The number of imidazole rings is 1. The molecule has 1 aliphatic carbocycles. The molecule has 2 N–H and O–H groups in total. The van der Waals surface area contributed by atoms with Gasteiger partial charge in [0, 0.05) is 23.9 Å². The zero-order valence-electron chi connectivity index (χ0n) is 9.36. The van der Waals surface area contributed by atoms with Crippen LogP contribution in [0.25, 0.3) is 0 Å². The van der Waals surface area contributed by atoms with E-state index in [0.717, 1.165) is 6.42 Å². The largest absolute Gasteiger partial charge is 0.348 e. The highest BCUT2D eigenvalue weighted by molar-refractivity contribution is 5.07. The number of rotatable bonds is 3. The fourth-order valence-electron chi connectivity index (χ4n) is 2.60. The maximum atomic E-state index is 4.99. The van der Waals surface area contributed by atoms with Crippen molar-refractivity contribution < 1.29 is 4.84 Å². The molecular weight excluding hydrogens is 190 g/mol. The van der Waals surface area contributed by atoms with Crippen molar-refractivity contribution in [2.24, 2.45) is 5.92 Å². The van der Waals surface area contributed by atoms with Crippen LogP contribution in [0.2, 0.25) is 0 Å². The van der Waals surface area contributed by atoms with Gasteiger partial charge in [-0.15, -0.1) is 0 Å². The van der Waals surface area contributed by atoms with Gasteiger partial charge < -0.3 is 9.82 Å². The highest BCUT2D eigenvalue weighted by Crippen LogP contribution is 2.36. The normalized spacial score (nSPS) is 31.7. The summed E-state index contributed by atoms with van der Waals surface area (Å²) in [6, 6.07) is 0.504. The van der Waals surface area contributed by atoms with Crippen LogP contribution in [0.3, 0.4) is 0 Å². The molecule has 1 heterocycles. The second kappa shape index (κ2) is 4.77. The molecule has 0 amide bonds. The first-order valence-corrected chi connectivity index (χ1v) is 5.58. The highest BCUT2D eigenvalue weighted by Gasteiger charge is 2.29. The molecule has 0 aliphatic heterocycles. The molecule has 1 aliphatic rings. The van der Waals surface area contributed by atoms with Crippen LogP contribution in [0.15, 0.2) is 12.5 Å². The molecule has 1 aromatic rings. The Morgan fingerprint density at radius 1 is 1.53 bits per heavy atom. The van der Waals surface area contributed by atoms with Crippen molar-refractivity contribution in [2.45, 2.75) is 38.1 Å². The molecule has 1 aromatic heterocycles. The van der Waals surface area contributed by atoms with Crippen molar-refractivity contribution in [3.8, 4) is 0 Å². The molecule has 0 bridgehead atoms. The minimum Gasteiger partial charge on any atom is -0.348 e. The Bertz CT molecular complexity index is 286. The van der Waals surface area contributed by atoms with Crippen LogP contribution in [0, 0.1) is 5.92 Å². The average molecular weight is 209 g/mol. The first kappa shape index (κ1) is 10.6. The quantitative estimate of drug-likeness (QED) is 0.747. The Hall–Kier alpha value is -0.870. The number of H-pyrrole nitrogens is 1. The van der Waals surface area contributed by atoms with Crippen LogP contribution in [-0.4, -0.2) is 23.1 Å². The predicted molar refractivity (Wildman–Crippen MR) is 58.3 cm³/mol. The van der Waals surface area contributed by atoms with Crippen LogP contribution in [0.4, 0.5) is 0 Å². The topological polar surface area (TPSA) is 49.9 Å². The Morgan fingerprint density at radius 3 is 3.00 bits per heavy atom. The Balaban J connectivity index is 1.95. The van der Waals surface area contributed by atoms with E-state index in [0.29, 0.717) is 17.9 Å². The zero-order chi connectivity index (χ0) is 10.7. The summed E-state index contributed by atoms with van der Waals surface area (Å²) in [7, 11) is 1.69. The third-order valence-electron chi connectivity index (χ3n) is 3.37. The molecule has 15 heavy (non-hydrogen) atoms.